The lowest BCUT2D eigenvalue weighted by Crippen LogP contribution is -2.51. The Balaban J connectivity index is 1.60. The number of aliphatic hydroxyl groups excluding tert-OH is 1. The SMILES string of the molecule is CCOC(=O)C1(C(=O)OCC)C2C(=O)C=C3C=CC4C5CCC(O)C5(C)CCC4C3(C)C21. The average Bonchev–Trinajstić information content (AvgIpc) is 3.39. The number of aliphatic hydroxyl groups is 1. The molecule has 0 aliphatic heterocycles. The van der Waals surface area contributed by atoms with Crippen molar-refractivity contribution in [1.82, 2.24) is 0 Å². The molecular weight excluding hydrogens is 408 g/mol. The van der Waals surface area contributed by atoms with Crippen LogP contribution in [0.5, 0.6) is 0 Å². The van der Waals surface area contributed by atoms with E-state index in [0.717, 1.165) is 31.3 Å². The highest BCUT2D eigenvalue weighted by Crippen LogP contribution is 2.76. The van der Waals surface area contributed by atoms with E-state index in [1.54, 1.807) is 19.9 Å². The Morgan fingerprint density at radius 1 is 1.06 bits per heavy atom. The van der Waals surface area contributed by atoms with Crippen LogP contribution in [0, 0.1) is 45.8 Å². The van der Waals surface area contributed by atoms with Gasteiger partial charge in [-0.05, 0) is 74.3 Å². The maximum atomic E-state index is 13.3. The van der Waals surface area contributed by atoms with Crippen LogP contribution in [0.15, 0.2) is 23.8 Å². The normalized spacial score (nSPS) is 45.0. The summed E-state index contributed by atoms with van der Waals surface area (Å²) in [6.45, 7) is 8.06. The Morgan fingerprint density at radius 2 is 1.72 bits per heavy atom. The Bertz CT molecular complexity index is 915. The highest BCUT2D eigenvalue weighted by Gasteiger charge is 2.85. The van der Waals surface area contributed by atoms with E-state index in [4.69, 9.17) is 9.47 Å². The van der Waals surface area contributed by atoms with E-state index < -0.39 is 34.6 Å². The molecule has 6 heteroatoms. The smallest absolute Gasteiger partial charge is 0.324 e. The molecule has 5 rings (SSSR count). The van der Waals surface area contributed by atoms with Crippen LogP contribution < -0.4 is 0 Å². The molecule has 5 aliphatic carbocycles. The lowest BCUT2D eigenvalue weighted by molar-refractivity contribution is -0.167. The van der Waals surface area contributed by atoms with Gasteiger partial charge in [-0.1, -0.05) is 26.0 Å². The Hall–Kier alpha value is -1.95. The van der Waals surface area contributed by atoms with Crippen molar-refractivity contribution in [3.63, 3.8) is 0 Å². The van der Waals surface area contributed by atoms with Crippen LogP contribution in [-0.2, 0) is 23.9 Å². The molecule has 0 amide bonds. The van der Waals surface area contributed by atoms with Crippen LogP contribution in [0.4, 0.5) is 0 Å². The topological polar surface area (TPSA) is 89.9 Å². The van der Waals surface area contributed by atoms with Gasteiger partial charge in [0.1, 0.15) is 0 Å². The molecule has 0 saturated heterocycles. The first-order valence-electron chi connectivity index (χ1n) is 12.2. The van der Waals surface area contributed by atoms with Crippen molar-refractivity contribution in [2.75, 3.05) is 13.2 Å². The molecule has 8 unspecified atom stereocenters. The summed E-state index contributed by atoms with van der Waals surface area (Å²) in [6.07, 6.45) is 9.25. The van der Waals surface area contributed by atoms with Crippen LogP contribution in [-0.4, -0.2) is 42.1 Å². The van der Waals surface area contributed by atoms with Crippen LogP contribution >= 0.6 is 0 Å². The summed E-state index contributed by atoms with van der Waals surface area (Å²) in [4.78, 5) is 39.7. The first-order chi connectivity index (χ1) is 15.2. The van der Waals surface area contributed by atoms with Gasteiger partial charge in [0.25, 0.3) is 0 Å². The van der Waals surface area contributed by atoms with Crippen LogP contribution in [0.1, 0.15) is 53.4 Å². The number of ether oxygens (including phenoxy) is 2. The van der Waals surface area contributed by atoms with E-state index in [-0.39, 0.29) is 42.4 Å². The Morgan fingerprint density at radius 3 is 2.34 bits per heavy atom. The lowest BCUT2D eigenvalue weighted by atomic mass is 9.48. The molecule has 0 bridgehead atoms. The molecule has 6 nitrogen and oxygen atoms in total. The summed E-state index contributed by atoms with van der Waals surface area (Å²) >= 11 is 0. The van der Waals surface area contributed by atoms with E-state index in [2.05, 4.69) is 19.9 Å². The zero-order chi connectivity index (χ0) is 23.1. The Kier molecular flexibility index (Phi) is 4.80. The number of carbonyl (C=O) groups is 3. The van der Waals surface area contributed by atoms with Crippen molar-refractivity contribution in [1.29, 1.82) is 0 Å². The molecule has 0 aromatic heterocycles. The molecule has 0 heterocycles. The molecule has 0 radical (unpaired) electrons. The largest absolute Gasteiger partial charge is 0.465 e. The van der Waals surface area contributed by atoms with E-state index in [0.29, 0.717) is 5.92 Å². The number of rotatable bonds is 4. The van der Waals surface area contributed by atoms with Crippen molar-refractivity contribution < 1.29 is 29.0 Å². The third-order valence-electron chi connectivity index (χ3n) is 9.86. The van der Waals surface area contributed by atoms with Crippen molar-refractivity contribution >= 4 is 17.7 Å². The fourth-order valence-corrected chi connectivity index (χ4v) is 8.29. The van der Waals surface area contributed by atoms with Gasteiger partial charge in [0.05, 0.1) is 25.2 Å². The molecule has 1 N–H and O–H groups in total. The van der Waals surface area contributed by atoms with Crippen molar-refractivity contribution in [2.45, 2.75) is 59.5 Å². The summed E-state index contributed by atoms with van der Waals surface area (Å²) in [5.41, 5.74) is -1.23. The van der Waals surface area contributed by atoms with Gasteiger partial charge in [0.15, 0.2) is 11.2 Å². The monoisotopic (exact) mass is 442 g/mol. The molecule has 3 saturated carbocycles. The number of esters is 2. The molecule has 0 spiro atoms. The van der Waals surface area contributed by atoms with Crippen LogP contribution in [0.25, 0.3) is 0 Å². The van der Waals surface area contributed by atoms with E-state index in [1.807, 2.05) is 6.08 Å². The first kappa shape index (κ1) is 21.9. The Labute approximate surface area is 189 Å². The molecule has 8 atom stereocenters. The van der Waals surface area contributed by atoms with Crippen molar-refractivity contribution in [2.24, 2.45) is 45.8 Å². The number of fused-ring (bicyclic) bond motifs is 7. The number of hydrogen-bond donors (Lipinski definition) is 1. The zero-order valence-electron chi connectivity index (χ0n) is 19.4. The third kappa shape index (κ3) is 2.42. The standard InChI is InChI=1S/C26H34O6/c1-5-31-22(29)26(23(30)32-6-2)20-18(27)13-14-7-8-15-16-9-10-19(28)24(16,3)12-11-17(15)25(14,4)21(20)26/h7-8,13,15-17,19-21,28H,5-6,9-12H2,1-4H3. The summed E-state index contributed by atoms with van der Waals surface area (Å²) < 4.78 is 10.7. The second-order valence-corrected chi connectivity index (χ2v) is 10.8. The van der Waals surface area contributed by atoms with Gasteiger partial charge < -0.3 is 14.6 Å². The molecule has 32 heavy (non-hydrogen) atoms. The molecule has 5 aliphatic rings. The number of ketones is 1. The molecule has 174 valence electrons. The number of hydrogen-bond acceptors (Lipinski definition) is 6. The minimum absolute atomic E-state index is 0.101. The maximum Gasteiger partial charge on any atom is 0.324 e. The van der Waals surface area contributed by atoms with Crippen LogP contribution in [0.3, 0.4) is 0 Å². The maximum absolute atomic E-state index is 13.3. The summed E-state index contributed by atoms with van der Waals surface area (Å²) in [7, 11) is 0. The van der Waals surface area contributed by atoms with Crippen molar-refractivity contribution in [3.8, 4) is 0 Å². The summed E-state index contributed by atoms with van der Waals surface area (Å²) in [6, 6.07) is 0. The quantitative estimate of drug-likeness (QED) is 0.531. The minimum Gasteiger partial charge on any atom is -0.465 e. The molecular formula is C26H34O6. The first-order valence-corrected chi connectivity index (χ1v) is 12.2. The molecule has 0 aromatic carbocycles. The van der Waals surface area contributed by atoms with E-state index in [1.165, 1.54) is 0 Å². The third-order valence-corrected chi connectivity index (χ3v) is 9.86. The second-order valence-electron chi connectivity index (χ2n) is 10.8. The minimum atomic E-state index is -1.55. The number of carbonyl (C=O) groups excluding carboxylic acids is 3. The zero-order valence-corrected chi connectivity index (χ0v) is 19.4. The summed E-state index contributed by atoms with van der Waals surface area (Å²) in [5.74, 6) is -1.78. The van der Waals surface area contributed by atoms with E-state index in [9.17, 15) is 19.5 Å². The molecule has 3 fully saturated rings. The van der Waals surface area contributed by atoms with Gasteiger partial charge in [-0.15, -0.1) is 0 Å². The number of allylic oxidation sites excluding steroid dienone is 4. The fraction of sp³-hybridized carbons (Fsp3) is 0.731. The summed E-state index contributed by atoms with van der Waals surface area (Å²) in [5, 5.41) is 10.7. The fourth-order valence-electron chi connectivity index (χ4n) is 8.29. The highest BCUT2D eigenvalue weighted by molar-refractivity contribution is 6.14. The van der Waals surface area contributed by atoms with E-state index >= 15 is 0 Å². The van der Waals surface area contributed by atoms with Gasteiger partial charge >= 0.3 is 11.9 Å². The lowest BCUT2D eigenvalue weighted by Gasteiger charge is -2.55. The molecule has 0 aromatic rings. The predicted octanol–water partition coefficient (Wildman–Crippen LogP) is 3.23. The highest BCUT2D eigenvalue weighted by atomic mass is 16.6. The van der Waals surface area contributed by atoms with Crippen molar-refractivity contribution in [3.05, 3.63) is 23.8 Å². The predicted molar refractivity (Wildman–Crippen MR) is 116 cm³/mol. The average molecular weight is 443 g/mol. The van der Waals surface area contributed by atoms with Gasteiger partial charge in [-0.2, -0.15) is 0 Å². The van der Waals surface area contributed by atoms with Gasteiger partial charge in [0, 0.05) is 11.3 Å². The van der Waals surface area contributed by atoms with Crippen LogP contribution in [0.2, 0.25) is 0 Å². The van der Waals surface area contributed by atoms with Gasteiger partial charge in [0.2, 0.25) is 0 Å². The van der Waals surface area contributed by atoms with Gasteiger partial charge in [-0.3, -0.25) is 14.4 Å². The second kappa shape index (κ2) is 7.02. The van der Waals surface area contributed by atoms with Gasteiger partial charge in [-0.25, -0.2) is 0 Å².